The monoisotopic (exact) mass is 356 g/mol. The van der Waals surface area contributed by atoms with Crippen molar-refractivity contribution in [2.75, 3.05) is 13.1 Å². The molecule has 0 saturated carbocycles. The molecule has 2 rings (SSSR count). The van der Waals surface area contributed by atoms with Crippen LogP contribution in [0.25, 0.3) is 0 Å². The van der Waals surface area contributed by atoms with Gasteiger partial charge in [0.1, 0.15) is 5.82 Å². The summed E-state index contributed by atoms with van der Waals surface area (Å²) < 4.78 is 39.4. The molecule has 7 heteroatoms. The third kappa shape index (κ3) is 4.54. The number of benzene rings is 1. The standard InChI is InChI=1S/C17H25FN2O3S/c1-3-4-13(2)19-17(21)14-9-11-20(12-10-14)24(22,23)16-7-5-15(18)6-8-16/h5-8,13-14H,3-4,9-12H2,1-2H3,(H,19,21)/t13-/m0/s1. The van der Waals surface area contributed by atoms with Gasteiger partial charge in [0.25, 0.3) is 0 Å². The highest BCUT2D eigenvalue weighted by molar-refractivity contribution is 7.89. The molecule has 1 amide bonds. The van der Waals surface area contributed by atoms with E-state index >= 15 is 0 Å². The lowest BCUT2D eigenvalue weighted by Gasteiger charge is -2.31. The molecule has 5 nitrogen and oxygen atoms in total. The first-order chi connectivity index (χ1) is 11.3. The van der Waals surface area contributed by atoms with Crippen molar-refractivity contribution in [3.63, 3.8) is 0 Å². The van der Waals surface area contributed by atoms with Crippen LogP contribution in [0.1, 0.15) is 39.5 Å². The van der Waals surface area contributed by atoms with Gasteiger partial charge in [0.2, 0.25) is 15.9 Å². The van der Waals surface area contributed by atoms with Crippen molar-refractivity contribution in [3.05, 3.63) is 30.1 Å². The lowest BCUT2D eigenvalue weighted by atomic mass is 9.96. The Morgan fingerprint density at radius 1 is 1.29 bits per heavy atom. The summed E-state index contributed by atoms with van der Waals surface area (Å²) in [5, 5.41) is 2.99. The molecule has 1 aliphatic rings. The molecule has 1 aliphatic heterocycles. The van der Waals surface area contributed by atoms with Gasteiger partial charge in [0.05, 0.1) is 4.90 Å². The van der Waals surface area contributed by atoms with Crippen LogP contribution in [0.15, 0.2) is 29.2 Å². The van der Waals surface area contributed by atoms with Crippen LogP contribution in [0.2, 0.25) is 0 Å². The van der Waals surface area contributed by atoms with E-state index in [0.29, 0.717) is 25.9 Å². The van der Waals surface area contributed by atoms with E-state index in [1.807, 2.05) is 6.92 Å². The first kappa shape index (κ1) is 18.9. The van der Waals surface area contributed by atoms with Gasteiger partial charge in [-0.1, -0.05) is 13.3 Å². The zero-order chi connectivity index (χ0) is 17.7. The number of hydrogen-bond donors (Lipinski definition) is 1. The highest BCUT2D eigenvalue weighted by Gasteiger charge is 2.32. The summed E-state index contributed by atoms with van der Waals surface area (Å²) in [5.41, 5.74) is 0. The van der Waals surface area contributed by atoms with Gasteiger partial charge in [0, 0.05) is 25.0 Å². The second-order valence-corrected chi connectivity index (χ2v) is 8.27. The smallest absolute Gasteiger partial charge is 0.243 e. The van der Waals surface area contributed by atoms with Gasteiger partial charge in [-0.2, -0.15) is 4.31 Å². The predicted molar refractivity (Wildman–Crippen MR) is 90.4 cm³/mol. The molecule has 1 atom stereocenters. The molecule has 134 valence electrons. The Morgan fingerprint density at radius 2 is 1.88 bits per heavy atom. The molecule has 1 aromatic rings. The molecule has 24 heavy (non-hydrogen) atoms. The number of carbonyl (C=O) groups excluding carboxylic acids is 1. The maximum Gasteiger partial charge on any atom is 0.243 e. The maximum absolute atomic E-state index is 13.0. The number of piperidine rings is 1. The van der Waals surface area contributed by atoms with E-state index in [1.165, 1.54) is 16.4 Å². The highest BCUT2D eigenvalue weighted by atomic mass is 32.2. The number of carbonyl (C=O) groups is 1. The van der Waals surface area contributed by atoms with Crippen molar-refractivity contribution in [1.82, 2.24) is 9.62 Å². The van der Waals surface area contributed by atoms with Gasteiger partial charge in [-0.05, 0) is 50.5 Å². The summed E-state index contributed by atoms with van der Waals surface area (Å²) in [6.45, 7) is 4.66. The Bertz CT molecular complexity index is 653. The summed E-state index contributed by atoms with van der Waals surface area (Å²) in [6, 6.07) is 4.97. The van der Waals surface area contributed by atoms with E-state index in [2.05, 4.69) is 12.2 Å². The summed E-state index contributed by atoms with van der Waals surface area (Å²) in [5.74, 6) is -0.607. The Labute approximate surface area is 143 Å². The van der Waals surface area contributed by atoms with Gasteiger partial charge in [-0.3, -0.25) is 4.79 Å². The third-order valence-electron chi connectivity index (χ3n) is 4.39. The van der Waals surface area contributed by atoms with E-state index in [0.717, 1.165) is 25.0 Å². The summed E-state index contributed by atoms with van der Waals surface area (Å²) in [6.07, 6.45) is 2.95. The van der Waals surface area contributed by atoms with Gasteiger partial charge in [-0.25, -0.2) is 12.8 Å². The zero-order valence-corrected chi connectivity index (χ0v) is 15.0. The first-order valence-electron chi connectivity index (χ1n) is 8.40. The van der Waals surface area contributed by atoms with Gasteiger partial charge >= 0.3 is 0 Å². The minimum absolute atomic E-state index is 0.00906. The molecule has 1 heterocycles. The van der Waals surface area contributed by atoms with Gasteiger partial charge in [0.15, 0.2) is 0 Å². The minimum Gasteiger partial charge on any atom is -0.353 e. The third-order valence-corrected chi connectivity index (χ3v) is 6.30. The van der Waals surface area contributed by atoms with Crippen LogP contribution in [-0.4, -0.2) is 37.8 Å². The predicted octanol–water partition coefficient (Wildman–Crippen LogP) is 2.53. The Kier molecular flexibility index (Phi) is 6.34. The molecule has 0 spiro atoms. The van der Waals surface area contributed by atoms with Crippen LogP contribution in [0.5, 0.6) is 0 Å². The number of nitrogens with one attached hydrogen (secondary N) is 1. The Morgan fingerprint density at radius 3 is 2.42 bits per heavy atom. The lowest BCUT2D eigenvalue weighted by molar-refractivity contribution is -0.126. The maximum atomic E-state index is 13.0. The van der Waals surface area contributed by atoms with Crippen LogP contribution in [0, 0.1) is 11.7 Å². The SMILES string of the molecule is CCC[C@H](C)NC(=O)C1CCN(S(=O)(=O)c2ccc(F)cc2)CC1. The quantitative estimate of drug-likeness (QED) is 0.852. The average Bonchev–Trinajstić information content (AvgIpc) is 2.55. The van der Waals surface area contributed by atoms with Crippen LogP contribution < -0.4 is 5.32 Å². The number of rotatable bonds is 6. The molecular weight excluding hydrogens is 331 g/mol. The fourth-order valence-corrected chi connectivity index (χ4v) is 4.45. The molecule has 1 N–H and O–H groups in total. The summed E-state index contributed by atoms with van der Waals surface area (Å²) in [7, 11) is -3.62. The van der Waals surface area contributed by atoms with Crippen molar-refractivity contribution < 1.29 is 17.6 Å². The minimum atomic E-state index is -3.62. The average molecular weight is 356 g/mol. The molecule has 0 unspecified atom stereocenters. The molecule has 1 aromatic carbocycles. The van der Waals surface area contributed by atoms with E-state index in [9.17, 15) is 17.6 Å². The zero-order valence-electron chi connectivity index (χ0n) is 14.2. The van der Waals surface area contributed by atoms with Crippen LogP contribution in [-0.2, 0) is 14.8 Å². The Hall–Kier alpha value is -1.47. The number of hydrogen-bond acceptors (Lipinski definition) is 3. The van der Waals surface area contributed by atoms with E-state index in [1.54, 1.807) is 0 Å². The molecule has 0 radical (unpaired) electrons. The van der Waals surface area contributed by atoms with Crippen LogP contribution >= 0.6 is 0 Å². The number of sulfonamides is 1. The largest absolute Gasteiger partial charge is 0.353 e. The van der Waals surface area contributed by atoms with Crippen molar-refractivity contribution in [2.45, 2.75) is 50.5 Å². The highest BCUT2D eigenvalue weighted by Crippen LogP contribution is 2.24. The second kappa shape index (κ2) is 8.07. The molecule has 1 fully saturated rings. The second-order valence-electron chi connectivity index (χ2n) is 6.33. The van der Waals surface area contributed by atoms with Crippen molar-refractivity contribution in [2.24, 2.45) is 5.92 Å². The summed E-state index contributed by atoms with van der Waals surface area (Å²) in [4.78, 5) is 12.3. The van der Waals surface area contributed by atoms with E-state index in [4.69, 9.17) is 0 Å². The molecular formula is C17H25FN2O3S. The van der Waals surface area contributed by atoms with Crippen molar-refractivity contribution in [3.8, 4) is 0 Å². The number of amides is 1. The molecule has 0 aliphatic carbocycles. The van der Waals surface area contributed by atoms with Crippen molar-refractivity contribution in [1.29, 1.82) is 0 Å². The molecule has 0 aromatic heterocycles. The lowest BCUT2D eigenvalue weighted by Crippen LogP contribution is -2.44. The first-order valence-corrected chi connectivity index (χ1v) is 9.84. The van der Waals surface area contributed by atoms with Crippen molar-refractivity contribution >= 4 is 15.9 Å². The molecule has 1 saturated heterocycles. The normalized spacial score (nSPS) is 18.3. The topological polar surface area (TPSA) is 66.5 Å². The number of nitrogens with zero attached hydrogens (tertiary/aromatic N) is 1. The van der Waals surface area contributed by atoms with Gasteiger partial charge < -0.3 is 5.32 Å². The summed E-state index contributed by atoms with van der Waals surface area (Å²) >= 11 is 0. The van der Waals surface area contributed by atoms with E-state index in [-0.39, 0.29) is 22.8 Å². The molecule has 0 bridgehead atoms. The van der Waals surface area contributed by atoms with E-state index < -0.39 is 15.8 Å². The van der Waals surface area contributed by atoms with Crippen LogP contribution in [0.3, 0.4) is 0 Å². The Balaban J connectivity index is 1.94. The number of halogens is 1. The fraction of sp³-hybridized carbons (Fsp3) is 0.588. The fourth-order valence-electron chi connectivity index (χ4n) is 2.98. The van der Waals surface area contributed by atoms with Crippen LogP contribution in [0.4, 0.5) is 4.39 Å². The van der Waals surface area contributed by atoms with Gasteiger partial charge in [-0.15, -0.1) is 0 Å².